The van der Waals surface area contributed by atoms with Gasteiger partial charge in [0.05, 0.1) is 6.61 Å². The third-order valence-corrected chi connectivity index (χ3v) is 6.91. The Morgan fingerprint density at radius 3 is 2.54 bits per heavy atom. The predicted molar refractivity (Wildman–Crippen MR) is 95.1 cm³/mol. The van der Waals surface area contributed by atoms with Crippen molar-refractivity contribution in [2.45, 2.75) is 56.8 Å². The summed E-state index contributed by atoms with van der Waals surface area (Å²) in [5.74, 6) is 0. The summed E-state index contributed by atoms with van der Waals surface area (Å²) in [4.78, 5) is 17.2. The van der Waals surface area contributed by atoms with Gasteiger partial charge in [-0.2, -0.15) is 0 Å². The number of H-pyrrole nitrogens is 1. The van der Waals surface area contributed by atoms with E-state index < -0.39 is 35.6 Å². The van der Waals surface area contributed by atoms with Gasteiger partial charge in [0.15, 0.2) is 11.0 Å². The van der Waals surface area contributed by atoms with E-state index in [4.69, 9.17) is 17.0 Å². The highest BCUT2D eigenvalue weighted by Gasteiger charge is 2.92. The lowest BCUT2D eigenvalue weighted by atomic mass is 10.0. The third-order valence-electron chi connectivity index (χ3n) is 6.59. The maximum atomic E-state index is 12.3. The van der Waals surface area contributed by atoms with E-state index in [1.54, 1.807) is 20.0 Å². The van der Waals surface area contributed by atoms with Crippen LogP contribution in [0, 0.1) is 10.2 Å². The summed E-state index contributed by atoms with van der Waals surface area (Å²) in [5.41, 5.74) is -3.78. The summed E-state index contributed by atoms with van der Waals surface area (Å²) in [5, 5.41) is 31.7. The van der Waals surface area contributed by atoms with Crippen molar-refractivity contribution < 1.29 is 20.1 Å². The number of rotatable bonds is 4. The molecule has 0 radical (unpaired) electrons. The quantitative estimate of drug-likeness (QED) is 0.537. The first-order chi connectivity index (χ1) is 12.2. The van der Waals surface area contributed by atoms with Crippen LogP contribution in [0.1, 0.15) is 38.5 Å². The van der Waals surface area contributed by atoms with Gasteiger partial charge in [-0.05, 0) is 38.1 Å². The molecule has 4 N–H and O–H groups in total. The molecule has 4 atom stereocenters. The number of hydrogen-bond donors (Lipinski definition) is 4. The molecule has 0 aromatic carbocycles. The molecule has 144 valence electrons. The van der Waals surface area contributed by atoms with Crippen molar-refractivity contribution in [2.24, 2.45) is 5.41 Å². The fourth-order valence-electron chi connectivity index (χ4n) is 4.83. The lowest BCUT2D eigenvalue weighted by molar-refractivity contribution is -0.125. The number of likely N-dealkylation sites (tertiary alicyclic amines) is 1. The first-order valence-electron chi connectivity index (χ1n) is 8.96. The number of aliphatic hydroxyl groups is 3. The van der Waals surface area contributed by atoms with Crippen LogP contribution in [0.5, 0.6) is 0 Å². The summed E-state index contributed by atoms with van der Waals surface area (Å²) in [6.45, 7) is 5.41. The van der Waals surface area contributed by atoms with E-state index in [9.17, 15) is 20.1 Å². The van der Waals surface area contributed by atoms with Crippen LogP contribution in [0.2, 0.25) is 0 Å². The first kappa shape index (κ1) is 18.3. The number of aromatic amines is 1. The minimum absolute atomic E-state index is 0.113. The Balaban J connectivity index is 1.74. The molecule has 3 aliphatic rings. The third kappa shape index (κ3) is 2.07. The van der Waals surface area contributed by atoms with Crippen molar-refractivity contribution in [1.29, 1.82) is 0 Å². The van der Waals surface area contributed by atoms with Gasteiger partial charge in [0.1, 0.15) is 17.3 Å². The van der Waals surface area contributed by atoms with Crippen LogP contribution in [0.3, 0.4) is 0 Å². The molecule has 0 spiro atoms. The van der Waals surface area contributed by atoms with Crippen molar-refractivity contribution in [3.63, 3.8) is 0 Å². The van der Waals surface area contributed by atoms with Crippen molar-refractivity contribution in [1.82, 2.24) is 14.5 Å². The Morgan fingerprint density at radius 2 is 1.96 bits per heavy atom. The maximum Gasteiger partial charge on any atom is 0.256 e. The van der Waals surface area contributed by atoms with Crippen LogP contribution in [-0.2, 0) is 11.3 Å². The number of fused-ring (bicyclic) bond motifs is 1. The highest BCUT2D eigenvalue weighted by atomic mass is 32.1. The molecule has 8 nitrogen and oxygen atoms in total. The second-order valence-corrected chi connectivity index (χ2v) is 8.51. The van der Waals surface area contributed by atoms with E-state index in [2.05, 4.69) is 9.88 Å². The number of ether oxygens (including phenoxy) is 1. The predicted octanol–water partition coefficient (Wildman–Crippen LogP) is -0.107. The van der Waals surface area contributed by atoms with Crippen molar-refractivity contribution >= 4 is 12.2 Å². The fourth-order valence-corrected chi connectivity index (χ4v) is 5.07. The maximum absolute atomic E-state index is 12.3. The zero-order chi connectivity index (χ0) is 18.9. The molecule has 0 amide bonds. The molecule has 3 fully saturated rings. The number of aliphatic hydroxyl groups excluding tert-OH is 1. The van der Waals surface area contributed by atoms with E-state index in [0.29, 0.717) is 12.1 Å². The van der Waals surface area contributed by atoms with Gasteiger partial charge < -0.3 is 20.1 Å². The summed E-state index contributed by atoms with van der Waals surface area (Å²) < 4.78 is 7.37. The molecule has 1 aromatic rings. The summed E-state index contributed by atoms with van der Waals surface area (Å²) in [6, 6.07) is 0. The minimum atomic E-state index is -1.60. The molecule has 3 heterocycles. The van der Waals surface area contributed by atoms with Gasteiger partial charge in [-0.3, -0.25) is 19.2 Å². The number of aromatic nitrogens is 2. The molecule has 1 saturated carbocycles. The average Bonchev–Trinajstić information content (AvgIpc) is 3.03. The largest absolute Gasteiger partial charge is 0.394 e. The summed E-state index contributed by atoms with van der Waals surface area (Å²) in [7, 11) is 0. The summed E-state index contributed by atoms with van der Waals surface area (Å²) in [6.07, 6.45) is 1.92. The molecule has 26 heavy (non-hydrogen) atoms. The number of hydrogen-bond acceptors (Lipinski definition) is 7. The standard InChI is InChI=1S/C17H25N3O5S/c1-15(2)16(23)11(9-21)25-13(17(15,16)24)20-8-10(12(22)18-14(20)26)7-19-5-3-4-6-19/h8,11,13,21,23-24H,3-7,9H2,1-2H3,(H,18,22,26)/t11-,13-,16+,17-/m1/s1. The second-order valence-electron chi connectivity index (χ2n) is 8.12. The lowest BCUT2D eigenvalue weighted by Crippen LogP contribution is -2.36. The molecule has 2 saturated heterocycles. The van der Waals surface area contributed by atoms with E-state index >= 15 is 0 Å². The van der Waals surface area contributed by atoms with Gasteiger partial charge in [0.2, 0.25) is 0 Å². The highest BCUT2D eigenvalue weighted by Crippen LogP contribution is 2.75. The Labute approximate surface area is 156 Å². The molecule has 1 aliphatic carbocycles. The smallest absolute Gasteiger partial charge is 0.256 e. The monoisotopic (exact) mass is 383 g/mol. The van der Waals surface area contributed by atoms with Crippen LogP contribution in [0.4, 0.5) is 0 Å². The topological polar surface area (TPSA) is 111 Å². The van der Waals surface area contributed by atoms with Crippen LogP contribution in [0.25, 0.3) is 0 Å². The fraction of sp³-hybridized carbons (Fsp3) is 0.765. The van der Waals surface area contributed by atoms with Gasteiger partial charge in [-0.25, -0.2) is 0 Å². The Hall–Kier alpha value is -1.10. The van der Waals surface area contributed by atoms with Gasteiger partial charge >= 0.3 is 0 Å². The highest BCUT2D eigenvalue weighted by molar-refractivity contribution is 7.71. The normalized spacial score (nSPS) is 38.5. The minimum Gasteiger partial charge on any atom is -0.394 e. The van der Waals surface area contributed by atoms with Gasteiger partial charge in [0.25, 0.3) is 5.56 Å². The number of nitrogens with zero attached hydrogens (tertiary/aromatic N) is 2. The zero-order valence-electron chi connectivity index (χ0n) is 14.9. The van der Waals surface area contributed by atoms with Gasteiger partial charge in [-0.15, -0.1) is 0 Å². The van der Waals surface area contributed by atoms with Crippen molar-refractivity contribution in [2.75, 3.05) is 19.7 Å². The lowest BCUT2D eigenvalue weighted by Gasteiger charge is -2.28. The van der Waals surface area contributed by atoms with Crippen LogP contribution in [-0.4, -0.2) is 66.8 Å². The van der Waals surface area contributed by atoms with Crippen LogP contribution in [0.15, 0.2) is 11.0 Å². The van der Waals surface area contributed by atoms with E-state index in [-0.39, 0.29) is 10.3 Å². The summed E-state index contributed by atoms with van der Waals surface area (Å²) >= 11 is 5.28. The van der Waals surface area contributed by atoms with E-state index in [1.165, 1.54) is 4.57 Å². The Kier molecular flexibility index (Phi) is 4.00. The Morgan fingerprint density at radius 1 is 1.31 bits per heavy atom. The molecular weight excluding hydrogens is 358 g/mol. The molecule has 0 bridgehead atoms. The molecular formula is C17H25N3O5S. The van der Waals surface area contributed by atoms with Gasteiger partial charge in [-0.1, -0.05) is 13.8 Å². The molecule has 0 unspecified atom stereocenters. The molecule has 9 heteroatoms. The van der Waals surface area contributed by atoms with Crippen molar-refractivity contribution in [3.8, 4) is 0 Å². The second kappa shape index (κ2) is 5.70. The SMILES string of the molecule is CC1(C)[C@]2(O)[C@H](n3cc(CN4CCCC4)c(=O)[nH]c3=S)O[C@H](CO)[C@]12O. The Bertz CT molecular complexity index is 846. The zero-order valence-corrected chi connectivity index (χ0v) is 15.8. The van der Waals surface area contributed by atoms with Crippen molar-refractivity contribution in [3.05, 3.63) is 26.9 Å². The van der Waals surface area contributed by atoms with Crippen LogP contribution >= 0.6 is 12.2 Å². The molecule has 4 rings (SSSR count). The first-order valence-corrected chi connectivity index (χ1v) is 9.37. The average molecular weight is 383 g/mol. The molecule has 2 aliphatic heterocycles. The van der Waals surface area contributed by atoms with Crippen LogP contribution < -0.4 is 5.56 Å². The van der Waals surface area contributed by atoms with E-state index in [0.717, 1.165) is 25.9 Å². The van der Waals surface area contributed by atoms with E-state index in [1.807, 2.05) is 0 Å². The molecule has 1 aromatic heterocycles. The van der Waals surface area contributed by atoms with Gasteiger partial charge in [0, 0.05) is 23.7 Å². The number of nitrogens with one attached hydrogen (secondary N) is 1.